The summed E-state index contributed by atoms with van der Waals surface area (Å²) in [5.41, 5.74) is 5.54. The minimum atomic E-state index is -0.0784. The van der Waals surface area contributed by atoms with Crippen LogP contribution in [0.5, 0.6) is 0 Å². The van der Waals surface area contributed by atoms with Crippen LogP contribution in [0.3, 0.4) is 0 Å². The van der Waals surface area contributed by atoms with Gasteiger partial charge in [0.05, 0.1) is 33.8 Å². The minimum absolute atomic E-state index is 0. The predicted molar refractivity (Wildman–Crippen MR) is 312 cm³/mol. The molecule has 0 fully saturated rings. The van der Waals surface area contributed by atoms with Gasteiger partial charge in [-0.1, -0.05) is 154 Å². The standard InChI is InChI=1S/C54H110N6O3.5ClH/c1-5-7-9-11-13-15-17-19-21-23-25-27-29-31-33-37-49-62-52-53(63-50-38-34-32-30-28-26-24-22-20-18-16-14-12-10-8-6-2)51-60(3,4)48-47-59-54(61)58-46-40-45-57-43-36-35-42-56-44-39-41-55;;;;;/h19-22,53,56-57H,5-18,23-52,55H2,1-4H3,(H-,58,59,61);5*1H/p+1/b21-19-,22-20-;;;;;. The monoisotopic (exact) mass is 1070 g/mol. The van der Waals surface area contributed by atoms with E-state index in [0.717, 1.165) is 95.6 Å². The summed E-state index contributed by atoms with van der Waals surface area (Å²) in [6, 6.07) is -0.0784. The highest BCUT2D eigenvalue weighted by Crippen LogP contribution is 2.13. The maximum absolute atomic E-state index is 12.5. The van der Waals surface area contributed by atoms with Gasteiger partial charge in [-0.05, 0) is 123 Å². The number of quaternary nitrogens is 1. The van der Waals surface area contributed by atoms with Crippen molar-refractivity contribution in [2.45, 2.75) is 225 Å². The van der Waals surface area contributed by atoms with Crippen LogP contribution in [0, 0.1) is 0 Å². The molecule has 0 saturated heterocycles. The van der Waals surface area contributed by atoms with Crippen LogP contribution < -0.4 is 27.0 Å². The number of urea groups is 1. The number of hydrogen-bond donors (Lipinski definition) is 5. The summed E-state index contributed by atoms with van der Waals surface area (Å²) in [5.74, 6) is 0. The molecule has 0 heterocycles. The van der Waals surface area contributed by atoms with E-state index in [1.54, 1.807) is 0 Å². The number of unbranched alkanes of at least 4 members (excludes halogenated alkanes) is 25. The van der Waals surface area contributed by atoms with Crippen LogP contribution in [-0.2, 0) is 9.47 Å². The van der Waals surface area contributed by atoms with Gasteiger partial charge in [-0.15, -0.1) is 62.0 Å². The number of nitrogens with zero attached hydrogens (tertiary/aromatic N) is 1. The highest BCUT2D eigenvalue weighted by Gasteiger charge is 2.23. The number of nitrogens with two attached hydrogens (primary N) is 1. The molecule has 0 rings (SSSR count). The Labute approximate surface area is 453 Å². The average Bonchev–Trinajstić information content (AvgIpc) is 3.27. The summed E-state index contributed by atoms with van der Waals surface area (Å²) in [7, 11) is 4.49. The average molecular weight is 1070 g/mol. The Bertz CT molecular complexity index is 990. The van der Waals surface area contributed by atoms with E-state index in [-0.39, 0.29) is 74.2 Å². The third kappa shape index (κ3) is 66.0. The third-order valence-corrected chi connectivity index (χ3v) is 12.1. The summed E-state index contributed by atoms with van der Waals surface area (Å²) < 4.78 is 13.6. The van der Waals surface area contributed by atoms with Gasteiger partial charge in [0.2, 0.25) is 0 Å². The molecule has 2 amide bonds. The number of likely N-dealkylation sites (N-methyl/N-ethyl adjacent to an activating group) is 1. The first kappa shape index (κ1) is 79.4. The molecule has 0 aliphatic carbocycles. The van der Waals surface area contributed by atoms with Gasteiger partial charge in [-0.2, -0.15) is 0 Å². The number of allylic oxidation sites excluding steroid dienone is 4. The molecule has 14 heteroatoms. The molecule has 0 aliphatic rings. The fourth-order valence-electron chi connectivity index (χ4n) is 7.99. The van der Waals surface area contributed by atoms with Crippen molar-refractivity contribution in [3.8, 4) is 0 Å². The van der Waals surface area contributed by atoms with Gasteiger partial charge in [0.1, 0.15) is 12.6 Å². The fraction of sp³-hybridized carbons (Fsp3) is 0.907. The molecule has 0 aromatic heterocycles. The molecule has 0 saturated carbocycles. The second kappa shape index (κ2) is 67.0. The second-order valence-corrected chi connectivity index (χ2v) is 19.2. The summed E-state index contributed by atoms with van der Waals surface area (Å²) >= 11 is 0. The van der Waals surface area contributed by atoms with Gasteiger partial charge in [0, 0.05) is 19.8 Å². The number of carbonyl (C=O) groups excluding carboxylic acids is 1. The molecule has 414 valence electrons. The van der Waals surface area contributed by atoms with E-state index in [9.17, 15) is 4.79 Å². The lowest BCUT2D eigenvalue weighted by atomic mass is 10.1. The van der Waals surface area contributed by atoms with Crippen molar-refractivity contribution in [1.82, 2.24) is 21.3 Å². The maximum atomic E-state index is 12.5. The van der Waals surface area contributed by atoms with Crippen molar-refractivity contribution >= 4 is 68.1 Å². The van der Waals surface area contributed by atoms with Gasteiger partial charge < -0.3 is 41.0 Å². The van der Waals surface area contributed by atoms with Gasteiger partial charge in [0.15, 0.2) is 0 Å². The molecular weight excluding hydrogens is 958 g/mol. The Kier molecular flexibility index (Phi) is 78.2. The first-order chi connectivity index (χ1) is 30.9. The number of rotatable bonds is 52. The minimum Gasteiger partial charge on any atom is -0.379 e. The van der Waals surface area contributed by atoms with Gasteiger partial charge >= 0.3 is 6.03 Å². The molecule has 0 bridgehead atoms. The molecule has 1 unspecified atom stereocenters. The van der Waals surface area contributed by atoms with E-state index < -0.39 is 0 Å². The summed E-state index contributed by atoms with van der Waals surface area (Å²) in [5, 5.41) is 13.0. The number of carbonyl (C=O) groups is 1. The number of ether oxygens (including phenoxy) is 2. The lowest BCUT2D eigenvalue weighted by molar-refractivity contribution is -0.892. The van der Waals surface area contributed by atoms with E-state index >= 15 is 0 Å². The van der Waals surface area contributed by atoms with E-state index in [1.165, 1.54) is 173 Å². The van der Waals surface area contributed by atoms with Crippen molar-refractivity contribution in [1.29, 1.82) is 0 Å². The Hall–Kier alpha value is -0.0400. The molecule has 0 spiro atoms. The smallest absolute Gasteiger partial charge is 0.314 e. The predicted octanol–water partition coefficient (Wildman–Crippen LogP) is 14.6. The first-order valence-electron chi connectivity index (χ1n) is 27.4. The van der Waals surface area contributed by atoms with Crippen LogP contribution in [0.4, 0.5) is 4.79 Å². The molecule has 0 aromatic carbocycles. The lowest BCUT2D eigenvalue weighted by Crippen LogP contribution is -2.51. The molecular formula is C54H116Cl5N6O3+. The second-order valence-electron chi connectivity index (χ2n) is 19.2. The Morgan fingerprint density at radius 1 is 0.471 bits per heavy atom. The van der Waals surface area contributed by atoms with Crippen LogP contribution >= 0.6 is 62.0 Å². The Morgan fingerprint density at radius 2 is 0.853 bits per heavy atom. The van der Waals surface area contributed by atoms with Gasteiger partial charge in [-0.25, -0.2) is 4.79 Å². The molecule has 6 N–H and O–H groups in total. The number of nitrogens with one attached hydrogen (secondary N) is 4. The van der Waals surface area contributed by atoms with Gasteiger partial charge in [0.25, 0.3) is 0 Å². The molecule has 68 heavy (non-hydrogen) atoms. The zero-order valence-corrected chi connectivity index (χ0v) is 48.9. The van der Waals surface area contributed by atoms with Crippen LogP contribution in [0.15, 0.2) is 24.3 Å². The highest BCUT2D eigenvalue weighted by atomic mass is 35.5. The van der Waals surface area contributed by atoms with Crippen molar-refractivity contribution < 1.29 is 18.8 Å². The van der Waals surface area contributed by atoms with E-state index in [2.05, 4.69) is 73.5 Å². The maximum Gasteiger partial charge on any atom is 0.314 e. The van der Waals surface area contributed by atoms with Crippen LogP contribution in [0.1, 0.15) is 219 Å². The Morgan fingerprint density at radius 3 is 1.31 bits per heavy atom. The highest BCUT2D eigenvalue weighted by molar-refractivity contribution is 5.86. The van der Waals surface area contributed by atoms with Gasteiger partial charge in [-0.3, -0.25) is 0 Å². The lowest BCUT2D eigenvalue weighted by Gasteiger charge is -2.33. The molecule has 9 nitrogen and oxygen atoms in total. The molecule has 0 aromatic rings. The van der Waals surface area contributed by atoms with Crippen LogP contribution in [0.25, 0.3) is 0 Å². The zero-order valence-electron chi connectivity index (χ0n) is 44.8. The largest absolute Gasteiger partial charge is 0.379 e. The number of hydrogen-bond acceptors (Lipinski definition) is 6. The topological polar surface area (TPSA) is 110 Å². The van der Waals surface area contributed by atoms with Crippen molar-refractivity contribution in [3.05, 3.63) is 24.3 Å². The van der Waals surface area contributed by atoms with Crippen molar-refractivity contribution in [2.24, 2.45) is 5.73 Å². The van der Waals surface area contributed by atoms with Crippen LogP contribution in [0.2, 0.25) is 0 Å². The molecule has 1 atom stereocenters. The normalized spacial score (nSPS) is 11.7. The number of halogens is 5. The van der Waals surface area contributed by atoms with Crippen molar-refractivity contribution in [3.63, 3.8) is 0 Å². The van der Waals surface area contributed by atoms with E-state index in [0.29, 0.717) is 19.7 Å². The summed E-state index contributed by atoms with van der Waals surface area (Å²) in [4.78, 5) is 12.5. The first-order valence-corrected chi connectivity index (χ1v) is 27.4. The van der Waals surface area contributed by atoms with Crippen LogP contribution in [-0.4, -0.2) is 109 Å². The Balaban J connectivity index is -0.00000192. The molecule has 0 radical (unpaired) electrons. The zero-order chi connectivity index (χ0) is 45.8. The molecule has 0 aliphatic heterocycles. The van der Waals surface area contributed by atoms with E-state index in [1.807, 2.05) is 0 Å². The van der Waals surface area contributed by atoms with E-state index in [4.69, 9.17) is 15.2 Å². The third-order valence-electron chi connectivity index (χ3n) is 12.1. The van der Waals surface area contributed by atoms with Crippen molar-refractivity contribution in [2.75, 3.05) is 92.8 Å². The number of amides is 2. The quantitative estimate of drug-likeness (QED) is 0.0236. The fourth-order valence-corrected chi connectivity index (χ4v) is 7.99. The summed E-state index contributed by atoms with van der Waals surface area (Å²) in [6.45, 7) is 14.6. The summed E-state index contributed by atoms with van der Waals surface area (Å²) in [6.07, 6.45) is 50.9. The SMILES string of the molecule is CCCCCCCC/C=C\CCCCCCCCOCC(C[N+](C)(C)CCNC(=O)NCCCNCCCCNCCCN)OCCCCCCCC/C=C\CCCCCCCC.Cl.Cl.Cl.Cl.Cl.